The number of anilines is 4. The van der Waals surface area contributed by atoms with E-state index in [1.54, 1.807) is 0 Å². The number of hydrogen-bond donors (Lipinski definition) is 3. The van der Waals surface area contributed by atoms with E-state index in [2.05, 4.69) is 30.9 Å². The van der Waals surface area contributed by atoms with Crippen LogP contribution in [0.3, 0.4) is 0 Å². The molecule has 0 radical (unpaired) electrons. The second-order valence-electron chi connectivity index (χ2n) is 8.68. The Balaban J connectivity index is 1.40. The molecule has 2 aromatic heterocycles. The summed E-state index contributed by atoms with van der Waals surface area (Å²) in [5.41, 5.74) is 0.371. The van der Waals surface area contributed by atoms with Gasteiger partial charge in [-0.3, -0.25) is 4.79 Å². The van der Waals surface area contributed by atoms with Gasteiger partial charge in [0.05, 0.1) is 5.69 Å². The number of carbonyl (C=O) groups is 1. The number of fused-ring (bicyclic) bond motifs is 1. The summed E-state index contributed by atoms with van der Waals surface area (Å²) in [7, 11) is 1.85. The first-order valence-electron chi connectivity index (χ1n) is 10.5. The number of nitrogens with zero attached hydrogens (tertiary/aromatic N) is 4. The number of aromatic nitrogens is 3. The van der Waals surface area contributed by atoms with Crippen molar-refractivity contribution < 1.29 is 18.0 Å². The van der Waals surface area contributed by atoms with Crippen LogP contribution in [-0.2, 0) is 11.0 Å². The molecule has 0 aromatic carbocycles. The third kappa shape index (κ3) is 4.28. The van der Waals surface area contributed by atoms with E-state index in [1.807, 2.05) is 32.7 Å². The van der Waals surface area contributed by atoms with E-state index in [4.69, 9.17) is 0 Å². The predicted molar refractivity (Wildman–Crippen MR) is 116 cm³/mol. The standard InChI is InChI=1S/C21H26F3N7O/c1-10(2)17-19(32)29-16-11(3)25-20(30-18(16)31(17)4)27-13-8-12(9-13)26-15-7-5-6-14(28-15)21(22,23)24/h5-7,10,12-13,17H,8-9H2,1-4H3,(H,26,28)(H,29,32)(H,25,27,30)/t12-,13-,17?. The zero-order valence-corrected chi connectivity index (χ0v) is 18.3. The van der Waals surface area contributed by atoms with Gasteiger partial charge in [0.25, 0.3) is 0 Å². The first kappa shape index (κ1) is 22.1. The molecule has 2 aliphatic rings. The molecule has 172 valence electrons. The SMILES string of the molecule is Cc1nc(N[C@H]2C[C@H](Nc3cccc(C(F)(F)F)n3)C2)nc2c1NC(=O)C(C(C)C)N2C. The number of aryl methyl sites for hydroxylation is 1. The minimum Gasteiger partial charge on any atom is -0.367 e. The molecule has 11 heteroatoms. The molecule has 0 bridgehead atoms. The number of amides is 1. The molecule has 1 atom stereocenters. The van der Waals surface area contributed by atoms with Crippen LogP contribution in [0, 0.1) is 12.8 Å². The number of likely N-dealkylation sites (N-methyl/N-ethyl adjacent to an activating group) is 1. The lowest BCUT2D eigenvalue weighted by atomic mass is 9.87. The number of halogens is 3. The Kier molecular flexibility index (Phi) is 5.59. The molecule has 8 nitrogen and oxygen atoms in total. The second kappa shape index (κ2) is 8.10. The first-order chi connectivity index (χ1) is 15.0. The molecule has 1 aliphatic heterocycles. The zero-order valence-electron chi connectivity index (χ0n) is 18.3. The van der Waals surface area contributed by atoms with E-state index in [9.17, 15) is 18.0 Å². The molecule has 32 heavy (non-hydrogen) atoms. The smallest absolute Gasteiger partial charge is 0.367 e. The summed E-state index contributed by atoms with van der Waals surface area (Å²) in [6.45, 7) is 5.79. The molecule has 3 N–H and O–H groups in total. The molecular formula is C21H26F3N7O. The quantitative estimate of drug-likeness (QED) is 0.641. The summed E-state index contributed by atoms with van der Waals surface area (Å²) in [6.07, 6.45) is -3.08. The average Bonchev–Trinajstić information content (AvgIpc) is 2.66. The molecule has 3 heterocycles. The van der Waals surface area contributed by atoms with Crippen molar-refractivity contribution in [2.75, 3.05) is 27.9 Å². The highest BCUT2D eigenvalue weighted by Crippen LogP contribution is 2.35. The van der Waals surface area contributed by atoms with E-state index >= 15 is 0 Å². The summed E-state index contributed by atoms with van der Waals surface area (Å²) in [6, 6.07) is 3.60. The van der Waals surface area contributed by atoms with Crippen molar-refractivity contribution in [2.24, 2.45) is 5.92 Å². The third-order valence-electron chi connectivity index (χ3n) is 5.83. The van der Waals surface area contributed by atoms with Crippen LogP contribution in [0.1, 0.15) is 38.1 Å². The second-order valence-corrected chi connectivity index (χ2v) is 8.68. The van der Waals surface area contributed by atoms with Gasteiger partial charge >= 0.3 is 6.18 Å². The van der Waals surface area contributed by atoms with Gasteiger partial charge in [-0.25, -0.2) is 9.97 Å². The Labute approximate surface area is 184 Å². The lowest BCUT2D eigenvalue weighted by molar-refractivity contribution is -0.141. The topological polar surface area (TPSA) is 95.1 Å². The van der Waals surface area contributed by atoms with Crippen molar-refractivity contribution in [1.82, 2.24) is 15.0 Å². The van der Waals surface area contributed by atoms with Gasteiger partial charge in [0.1, 0.15) is 23.2 Å². The van der Waals surface area contributed by atoms with E-state index in [1.165, 1.54) is 12.1 Å². The van der Waals surface area contributed by atoms with Crippen LogP contribution in [0.15, 0.2) is 18.2 Å². The lowest BCUT2D eigenvalue weighted by Gasteiger charge is -2.38. The molecule has 1 fully saturated rings. The van der Waals surface area contributed by atoms with E-state index < -0.39 is 11.9 Å². The minimum absolute atomic E-state index is 0.00879. The van der Waals surface area contributed by atoms with Gasteiger partial charge in [0, 0.05) is 19.1 Å². The van der Waals surface area contributed by atoms with Crippen LogP contribution < -0.4 is 20.9 Å². The van der Waals surface area contributed by atoms with Crippen LogP contribution in [0.25, 0.3) is 0 Å². The Morgan fingerprint density at radius 3 is 2.47 bits per heavy atom. The Hall–Kier alpha value is -3.11. The number of alkyl halides is 3. The van der Waals surface area contributed by atoms with Crippen LogP contribution in [0.2, 0.25) is 0 Å². The number of carbonyl (C=O) groups excluding carboxylic acids is 1. The number of pyridine rings is 1. The van der Waals surface area contributed by atoms with Crippen molar-refractivity contribution in [3.63, 3.8) is 0 Å². The van der Waals surface area contributed by atoms with Gasteiger partial charge in [0.15, 0.2) is 5.82 Å². The molecule has 0 saturated heterocycles. The summed E-state index contributed by atoms with van der Waals surface area (Å²) >= 11 is 0. The number of hydrogen-bond acceptors (Lipinski definition) is 7. The highest BCUT2D eigenvalue weighted by molar-refractivity contribution is 6.03. The molecule has 4 rings (SSSR count). The fourth-order valence-corrected chi connectivity index (χ4v) is 4.20. The molecule has 1 unspecified atom stereocenters. The fraction of sp³-hybridized carbons (Fsp3) is 0.524. The number of nitrogens with one attached hydrogen (secondary N) is 3. The largest absolute Gasteiger partial charge is 0.433 e. The van der Waals surface area contributed by atoms with Gasteiger partial charge in [0.2, 0.25) is 11.9 Å². The van der Waals surface area contributed by atoms with Crippen molar-refractivity contribution in [2.45, 2.75) is 57.9 Å². The normalized spacial score (nSPS) is 22.8. The van der Waals surface area contributed by atoms with E-state index in [0.717, 1.165) is 6.07 Å². The summed E-state index contributed by atoms with van der Waals surface area (Å²) < 4.78 is 38.5. The van der Waals surface area contributed by atoms with Gasteiger partial charge in [-0.2, -0.15) is 18.2 Å². The molecule has 1 aliphatic carbocycles. The summed E-state index contributed by atoms with van der Waals surface area (Å²) in [5, 5.41) is 9.26. The van der Waals surface area contributed by atoms with Gasteiger partial charge in [-0.15, -0.1) is 0 Å². The summed E-state index contributed by atoms with van der Waals surface area (Å²) in [4.78, 5) is 27.1. The monoisotopic (exact) mass is 449 g/mol. The molecule has 1 amide bonds. The van der Waals surface area contributed by atoms with Gasteiger partial charge < -0.3 is 20.9 Å². The average molecular weight is 449 g/mol. The maximum Gasteiger partial charge on any atom is 0.433 e. The van der Waals surface area contributed by atoms with Crippen LogP contribution in [0.4, 0.5) is 36.4 Å². The molecule has 2 aromatic rings. The van der Waals surface area contributed by atoms with Crippen LogP contribution in [0.5, 0.6) is 0 Å². The maximum absolute atomic E-state index is 12.8. The van der Waals surface area contributed by atoms with E-state index in [0.29, 0.717) is 36.0 Å². The highest BCUT2D eigenvalue weighted by Gasteiger charge is 2.37. The third-order valence-corrected chi connectivity index (χ3v) is 5.83. The Bertz CT molecular complexity index is 1020. The van der Waals surface area contributed by atoms with Gasteiger partial charge in [-0.05, 0) is 37.8 Å². The Morgan fingerprint density at radius 1 is 1.12 bits per heavy atom. The predicted octanol–water partition coefficient (Wildman–Crippen LogP) is 3.67. The zero-order chi connectivity index (χ0) is 23.2. The van der Waals surface area contributed by atoms with Gasteiger partial charge in [-0.1, -0.05) is 19.9 Å². The lowest BCUT2D eigenvalue weighted by Crippen LogP contribution is -2.50. The summed E-state index contributed by atoms with van der Waals surface area (Å²) in [5.74, 6) is 1.38. The van der Waals surface area contributed by atoms with Crippen molar-refractivity contribution in [1.29, 1.82) is 0 Å². The Morgan fingerprint density at radius 2 is 1.81 bits per heavy atom. The first-order valence-corrected chi connectivity index (χ1v) is 10.5. The van der Waals surface area contributed by atoms with Crippen molar-refractivity contribution in [3.05, 3.63) is 29.6 Å². The van der Waals surface area contributed by atoms with Crippen LogP contribution >= 0.6 is 0 Å². The highest BCUT2D eigenvalue weighted by atomic mass is 19.4. The number of rotatable bonds is 5. The molecular weight excluding hydrogens is 423 g/mol. The minimum atomic E-state index is -4.47. The maximum atomic E-state index is 12.8. The van der Waals surface area contributed by atoms with E-state index in [-0.39, 0.29) is 35.8 Å². The van der Waals surface area contributed by atoms with Crippen LogP contribution in [-0.4, -0.2) is 46.0 Å². The fourth-order valence-electron chi connectivity index (χ4n) is 4.20. The van der Waals surface area contributed by atoms with Crippen molar-refractivity contribution in [3.8, 4) is 0 Å². The van der Waals surface area contributed by atoms with Crippen molar-refractivity contribution >= 4 is 29.2 Å². The molecule has 0 spiro atoms. The molecule has 1 saturated carbocycles.